The van der Waals surface area contributed by atoms with Gasteiger partial charge in [-0.15, -0.1) is 0 Å². The number of benzene rings is 1. The first-order valence-corrected chi connectivity index (χ1v) is 11.9. The van der Waals surface area contributed by atoms with E-state index in [1.807, 2.05) is 22.1 Å². The van der Waals surface area contributed by atoms with Crippen LogP contribution in [0.3, 0.4) is 0 Å². The Morgan fingerprint density at radius 1 is 1.28 bits per heavy atom. The van der Waals surface area contributed by atoms with Crippen molar-refractivity contribution >= 4 is 28.8 Å². The second kappa shape index (κ2) is 9.48. The van der Waals surface area contributed by atoms with E-state index in [1.54, 1.807) is 12.1 Å². The fraction of sp³-hybridized carbons (Fsp3) is 0.458. The van der Waals surface area contributed by atoms with Gasteiger partial charge in [-0.1, -0.05) is 37.7 Å². The third kappa shape index (κ3) is 4.33. The number of piperidine rings is 1. The molecule has 170 valence electrons. The highest BCUT2D eigenvalue weighted by atomic mass is 32.2. The van der Waals surface area contributed by atoms with E-state index in [0.717, 1.165) is 31.6 Å². The Morgan fingerprint density at radius 2 is 2.03 bits per heavy atom. The van der Waals surface area contributed by atoms with Gasteiger partial charge in [0.25, 0.3) is 0 Å². The number of hydrogen-bond donors (Lipinski definition) is 0. The zero-order valence-electron chi connectivity index (χ0n) is 18.6. The number of thioether (sulfide) groups is 1. The van der Waals surface area contributed by atoms with Gasteiger partial charge in [0, 0.05) is 18.8 Å². The highest BCUT2D eigenvalue weighted by Crippen LogP contribution is 2.45. The summed E-state index contributed by atoms with van der Waals surface area (Å²) in [7, 11) is 1.33. The van der Waals surface area contributed by atoms with Crippen LogP contribution in [0.2, 0.25) is 0 Å². The number of carbonyl (C=O) groups is 2. The minimum Gasteiger partial charge on any atom is -0.466 e. The van der Waals surface area contributed by atoms with E-state index in [0.29, 0.717) is 34.3 Å². The van der Waals surface area contributed by atoms with Crippen molar-refractivity contribution in [2.24, 2.45) is 10.9 Å². The fourth-order valence-corrected chi connectivity index (χ4v) is 5.37. The number of fused-ring (bicyclic) bond motifs is 1. The van der Waals surface area contributed by atoms with Crippen LogP contribution in [-0.4, -0.2) is 47.0 Å². The van der Waals surface area contributed by atoms with Crippen LogP contribution in [0.1, 0.15) is 51.1 Å². The maximum atomic E-state index is 14.2. The van der Waals surface area contributed by atoms with Gasteiger partial charge in [0.15, 0.2) is 5.17 Å². The minimum absolute atomic E-state index is 0.0629. The maximum Gasteiger partial charge on any atom is 0.338 e. The van der Waals surface area contributed by atoms with Crippen LogP contribution in [0.25, 0.3) is 0 Å². The number of ether oxygens (including phenoxy) is 1. The third-order valence-corrected chi connectivity index (χ3v) is 7.15. The van der Waals surface area contributed by atoms with E-state index in [9.17, 15) is 14.0 Å². The van der Waals surface area contributed by atoms with Crippen molar-refractivity contribution in [3.05, 3.63) is 58.0 Å². The standard InChI is InChI=1S/C24H28FN3O3S/c1-4-19-21(23(30)31-3)22(16-6-5-7-17(25)12-16)28-18(14-32-24(28)26-19)13-20(29)27-10-8-15(2)9-11-27/h5-7,12,14-15,22H,4,8-11,13H2,1-3H3/t22-/m0/s1. The summed E-state index contributed by atoms with van der Waals surface area (Å²) in [5.74, 6) is -0.178. The zero-order valence-corrected chi connectivity index (χ0v) is 19.5. The lowest BCUT2D eigenvalue weighted by atomic mass is 9.92. The summed E-state index contributed by atoms with van der Waals surface area (Å²) in [4.78, 5) is 34.4. The summed E-state index contributed by atoms with van der Waals surface area (Å²) < 4.78 is 19.3. The van der Waals surface area contributed by atoms with E-state index in [1.165, 1.54) is 31.0 Å². The Bertz CT molecular complexity index is 1010. The van der Waals surface area contributed by atoms with Gasteiger partial charge in [0.2, 0.25) is 5.91 Å². The van der Waals surface area contributed by atoms with Gasteiger partial charge in [-0.05, 0) is 48.3 Å². The van der Waals surface area contributed by atoms with Gasteiger partial charge in [0.05, 0.1) is 30.8 Å². The Kier molecular flexibility index (Phi) is 6.69. The van der Waals surface area contributed by atoms with E-state index in [-0.39, 0.29) is 18.1 Å². The lowest BCUT2D eigenvalue weighted by Gasteiger charge is -2.37. The molecule has 0 aromatic heterocycles. The van der Waals surface area contributed by atoms with Gasteiger partial charge in [-0.3, -0.25) is 4.79 Å². The Labute approximate surface area is 192 Å². The molecular formula is C24H28FN3O3S. The van der Waals surface area contributed by atoms with Crippen LogP contribution in [0.4, 0.5) is 4.39 Å². The molecule has 3 aliphatic heterocycles. The van der Waals surface area contributed by atoms with Crippen molar-refractivity contribution in [1.29, 1.82) is 0 Å². The van der Waals surface area contributed by atoms with Gasteiger partial charge in [0.1, 0.15) is 5.82 Å². The number of likely N-dealkylation sites (tertiary alicyclic amines) is 1. The number of hydrogen-bond acceptors (Lipinski definition) is 6. The lowest BCUT2D eigenvalue weighted by Crippen LogP contribution is -2.41. The topological polar surface area (TPSA) is 62.2 Å². The quantitative estimate of drug-likeness (QED) is 0.604. The molecule has 1 saturated heterocycles. The van der Waals surface area contributed by atoms with E-state index >= 15 is 0 Å². The van der Waals surface area contributed by atoms with E-state index in [4.69, 9.17) is 9.73 Å². The molecule has 1 atom stereocenters. The molecule has 3 aliphatic rings. The van der Waals surface area contributed by atoms with E-state index in [2.05, 4.69) is 6.92 Å². The molecule has 1 aromatic carbocycles. The molecule has 0 radical (unpaired) electrons. The molecule has 0 spiro atoms. The van der Waals surface area contributed by atoms with Crippen molar-refractivity contribution in [3.8, 4) is 0 Å². The first-order valence-electron chi connectivity index (χ1n) is 11.0. The Morgan fingerprint density at radius 3 is 2.69 bits per heavy atom. The molecule has 6 nitrogen and oxygen atoms in total. The second-order valence-electron chi connectivity index (χ2n) is 8.39. The monoisotopic (exact) mass is 457 g/mol. The van der Waals surface area contributed by atoms with Crippen LogP contribution >= 0.6 is 11.8 Å². The summed E-state index contributed by atoms with van der Waals surface area (Å²) in [6.07, 6.45) is 2.77. The minimum atomic E-state index is -0.601. The smallest absolute Gasteiger partial charge is 0.338 e. The van der Waals surface area contributed by atoms with Gasteiger partial charge in [-0.25, -0.2) is 14.2 Å². The summed E-state index contributed by atoms with van der Waals surface area (Å²) >= 11 is 1.43. The zero-order chi connectivity index (χ0) is 22.8. The third-order valence-electron chi connectivity index (χ3n) is 6.26. The van der Waals surface area contributed by atoms with Crippen LogP contribution in [-0.2, 0) is 14.3 Å². The predicted octanol–water partition coefficient (Wildman–Crippen LogP) is 4.61. The predicted molar refractivity (Wildman–Crippen MR) is 123 cm³/mol. The van der Waals surface area contributed by atoms with Crippen LogP contribution in [0.15, 0.2) is 51.6 Å². The molecule has 1 fully saturated rings. The SMILES string of the molecule is CCC1=C(C(=O)OC)[C@H](c2cccc(F)c2)N2C(CC(=O)N3CCC(C)CC3)=CSC2=N1. The number of halogens is 1. The number of amides is 1. The highest BCUT2D eigenvalue weighted by molar-refractivity contribution is 8.16. The number of rotatable bonds is 5. The van der Waals surface area contributed by atoms with Crippen molar-refractivity contribution in [3.63, 3.8) is 0 Å². The Hall–Kier alpha value is -2.61. The number of amidine groups is 1. The summed E-state index contributed by atoms with van der Waals surface area (Å²) in [5.41, 5.74) is 2.40. The molecule has 0 N–H and O–H groups in total. The second-order valence-corrected chi connectivity index (χ2v) is 9.23. The molecular weight excluding hydrogens is 429 g/mol. The first-order chi connectivity index (χ1) is 15.4. The molecule has 32 heavy (non-hydrogen) atoms. The summed E-state index contributed by atoms with van der Waals surface area (Å²) in [6.45, 7) is 5.67. The number of aliphatic imine (C=N–C) groups is 1. The average molecular weight is 458 g/mol. The van der Waals surface area contributed by atoms with Crippen molar-refractivity contribution in [1.82, 2.24) is 9.80 Å². The molecule has 1 aromatic rings. The van der Waals surface area contributed by atoms with Crippen molar-refractivity contribution in [2.45, 2.75) is 45.6 Å². The molecule has 3 heterocycles. The number of allylic oxidation sites excluding steroid dienone is 1. The number of carbonyl (C=O) groups excluding carboxylic acids is 2. The summed E-state index contributed by atoms with van der Waals surface area (Å²) in [5, 5.41) is 2.61. The van der Waals surface area contributed by atoms with E-state index < -0.39 is 12.0 Å². The molecule has 1 amide bonds. The van der Waals surface area contributed by atoms with Crippen LogP contribution in [0, 0.1) is 11.7 Å². The van der Waals surface area contributed by atoms with Gasteiger partial charge >= 0.3 is 5.97 Å². The normalized spacial score (nSPS) is 21.3. The molecule has 8 heteroatoms. The number of methoxy groups -OCH3 is 1. The molecule has 4 rings (SSSR count). The molecule has 0 bridgehead atoms. The lowest BCUT2D eigenvalue weighted by molar-refractivity contribution is -0.136. The van der Waals surface area contributed by atoms with Crippen LogP contribution in [0.5, 0.6) is 0 Å². The highest BCUT2D eigenvalue weighted by Gasteiger charge is 2.42. The summed E-state index contributed by atoms with van der Waals surface area (Å²) in [6, 6.07) is 5.62. The molecule has 0 unspecified atom stereocenters. The van der Waals surface area contributed by atoms with Crippen LogP contribution < -0.4 is 0 Å². The average Bonchev–Trinajstić information content (AvgIpc) is 3.19. The largest absolute Gasteiger partial charge is 0.466 e. The number of nitrogens with zero attached hydrogens (tertiary/aromatic N) is 3. The molecule has 0 saturated carbocycles. The maximum absolute atomic E-state index is 14.2. The first kappa shape index (κ1) is 22.6. The number of esters is 1. The van der Waals surface area contributed by atoms with Crippen molar-refractivity contribution in [2.75, 3.05) is 20.2 Å². The van der Waals surface area contributed by atoms with Gasteiger partial charge < -0.3 is 14.5 Å². The molecule has 0 aliphatic carbocycles. The van der Waals surface area contributed by atoms with Gasteiger partial charge in [-0.2, -0.15) is 0 Å². The fourth-order valence-electron chi connectivity index (χ4n) is 4.43. The Balaban J connectivity index is 1.69. The van der Waals surface area contributed by atoms with Crippen molar-refractivity contribution < 1.29 is 18.7 Å².